The highest BCUT2D eigenvalue weighted by atomic mass is 19.4. The van der Waals surface area contributed by atoms with Crippen molar-refractivity contribution < 1.29 is 18.3 Å². The number of nitrogens with zero attached hydrogens (tertiary/aromatic N) is 4. The molecule has 0 saturated carbocycles. The van der Waals surface area contributed by atoms with Gasteiger partial charge >= 0.3 is 6.18 Å². The van der Waals surface area contributed by atoms with Crippen molar-refractivity contribution in [3.05, 3.63) is 72.3 Å². The first-order chi connectivity index (χ1) is 13.0. The molecule has 136 valence electrons. The molecule has 4 rings (SSSR count). The quantitative estimate of drug-likeness (QED) is 0.593. The minimum atomic E-state index is -4.59. The summed E-state index contributed by atoms with van der Waals surface area (Å²) in [4.78, 5) is 8.42. The first kappa shape index (κ1) is 17.2. The number of aliphatic hydroxyl groups excluding tert-OH is 1. The Hall–Kier alpha value is -3.26. The topological polar surface area (TPSA) is 63.3 Å². The monoisotopic (exact) mass is 370 g/mol. The fourth-order valence-electron chi connectivity index (χ4n) is 2.86. The molecule has 3 aromatic heterocycles. The first-order valence-corrected chi connectivity index (χ1v) is 8.05. The van der Waals surface area contributed by atoms with Crippen LogP contribution in [0.25, 0.3) is 28.0 Å². The summed E-state index contributed by atoms with van der Waals surface area (Å²) in [5.74, 6) is 0. The third-order valence-corrected chi connectivity index (χ3v) is 4.12. The lowest BCUT2D eigenvalue weighted by molar-refractivity contribution is -0.142. The van der Waals surface area contributed by atoms with Crippen LogP contribution in [-0.4, -0.2) is 24.7 Å². The van der Waals surface area contributed by atoms with Gasteiger partial charge in [-0.05, 0) is 23.8 Å². The Morgan fingerprint density at radius 1 is 1.00 bits per heavy atom. The van der Waals surface area contributed by atoms with Crippen molar-refractivity contribution in [1.29, 1.82) is 0 Å². The molecule has 5 nitrogen and oxygen atoms in total. The summed E-state index contributed by atoms with van der Waals surface area (Å²) in [6.07, 6.45) is -1.78. The van der Waals surface area contributed by atoms with Crippen molar-refractivity contribution in [2.24, 2.45) is 0 Å². The van der Waals surface area contributed by atoms with Gasteiger partial charge in [-0.1, -0.05) is 30.3 Å². The second-order valence-corrected chi connectivity index (χ2v) is 5.88. The fraction of sp³-hybridized carbons (Fsp3) is 0.105. The average molecular weight is 370 g/mol. The number of halogens is 3. The number of hydrogen-bond acceptors (Lipinski definition) is 4. The molecule has 8 heteroatoms. The van der Waals surface area contributed by atoms with E-state index in [1.807, 2.05) is 0 Å². The lowest BCUT2D eigenvalue weighted by Gasteiger charge is -2.11. The summed E-state index contributed by atoms with van der Waals surface area (Å²) in [7, 11) is 0. The standard InChI is InChI=1S/C19H13F3N4O/c20-19(21,22)17-9-16(12-4-2-1-3-5-12)25-18-15(10-24-26(17)18)13-6-7-23-14(8-13)11-27/h1-10,27H,11H2. The van der Waals surface area contributed by atoms with Crippen LogP contribution in [0.2, 0.25) is 0 Å². The molecule has 0 fully saturated rings. The lowest BCUT2D eigenvalue weighted by atomic mass is 10.1. The van der Waals surface area contributed by atoms with Crippen molar-refractivity contribution in [2.45, 2.75) is 12.8 Å². The molecule has 0 bridgehead atoms. The van der Waals surface area contributed by atoms with Gasteiger partial charge < -0.3 is 5.11 Å². The summed E-state index contributed by atoms with van der Waals surface area (Å²) in [5, 5.41) is 13.2. The van der Waals surface area contributed by atoms with E-state index in [2.05, 4.69) is 15.1 Å². The molecule has 0 unspecified atom stereocenters. The molecule has 0 saturated heterocycles. The maximum atomic E-state index is 13.6. The second-order valence-electron chi connectivity index (χ2n) is 5.88. The molecule has 0 aliphatic heterocycles. The molecule has 0 spiro atoms. The molecule has 0 aliphatic rings. The normalized spacial score (nSPS) is 11.9. The molecular weight excluding hydrogens is 357 g/mol. The third kappa shape index (κ3) is 3.15. The van der Waals surface area contributed by atoms with Gasteiger partial charge in [-0.2, -0.15) is 18.3 Å². The molecule has 1 aromatic carbocycles. The van der Waals surface area contributed by atoms with Crippen molar-refractivity contribution in [3.8, 4) is 22.4 Å². The molecule has 0 atom stereocenters. The number of alkyl halides is 3. The summed E-state index contributed by atoms with van der Waals surface area (Å²) in [6.45, 7) is -0.274. The highest BCUT2D eigenvalue weighted by molar-refractivity contribution is 5.79. The molecule has 1 N–H and O–H groups in total. The Kier molecular flexibility index (Phi) is 4.12. The number of aromatic nitrogens is 4. The Bertz CT molecular complexity index is 1110. The van der Waals surface area contributed by atoms with E-state index in [1.54, 1.807) is 42.5 Å². The Labute approximate surface area is 151 Å². The zero-order valence-corrected chi connectivity index (χ0v) is 13.9. The van der Waals surface area contributed by atoms with E-state index < -0.39 is 11.9 Å². The Morgan fingerprint density at radius 3 is 2.48 bits per heavy atom. The summed E-state index contributed by atoms with van der Waals surface area (Å²) in [6, 6.07) is 12.9. The molecule has 3 heterocycles. The highest BCUT2D eigenvalue weighted by Crippen LogP contribution is 2.34. The van der Waals surface area contributed by atoms with E-state index >= 15 is 0 Å². The molecule has 0 amide bonds. The summed E-state index contributed by atoms with van der Waals surface area (Å²) >= 11 is 0. The number of hydrogen-bond donors (Lipinski definition) is 1. The molecule has 27 heavy (non-hydrogen) atoms. The molecule has 4 aromatic rings. The van der Waals surface area contributed by atoms with Crippen LogP contribution in [0, 0.1) is 0 Å². The van der Waals surface area contributed by atoms with Gasteiger partial charge in [0, 0.05) is 17.3 Å². The predicted octanol–water partition coefficient (Wildman–Crippen LogP) is 3.97. The van der Waals surface area contributed by atoms with Gasteiger partial charge in [-0.25, -0.2) is 9.50 Å². The number of rotatable bonds is 3. The zero-order valence-electron chi connectivity index (χ0n) is 13.9. The third-order valence-electron chi connectivity index (χ3n) is 4.12. The van der Waals surface area contributed by atoms with E-state index in [4.69, 9.17) is 0 Å². The van der Waals surface area contributed by atoms with E-state index in [9.17, 15) is 18.3 Å². The predicted molar refractivity (Wildman–Crippen MR) is 92.6 cm³/mol. The van der Waals surface area contributed by atoms with Crippen LogP contribution in [0.15, 0.2) is 60.9 Å². The van der Waals surface area contributed by atoms with E-state index in [0.717, 1.165) is 10.6 Å². The van der Waals surface area contributed by atoms with Gasteiger partial charge in [-0.3, -0.25) is 4.98 Å². The minimum Gasteiger partial charge on any atom is -0.390 e. The zero-order chi connectivity index (χ0) is 19.0. The minimum absolute atomic E-state index is 0.0822. The van der Waals surface area contributed by atoms with Crippen LogP contribution in [0.4, 0.5) is 13.2 Å². The SMILES string of the molecule is OCc1cc(-c2cnn3c(C(F)(F)F)cc(-c4ccccc4)nc23)ccn1. The maximum Gasteiger partial charge on any atom is 0.433 e. The van der Waals surface area contributed by atoms with Crippen LogP contribution in [-0.2, 0) is 12.8 Å². The number of aliphatic hydroxyl groups is 1. The van der Waals surface area contributed by atoms with E-state index in [0.29, 0.717) is 22.4 Å². The second kappa shape index (κ2) is 6.48. The van der Waals surface area contributed by atoms with Crippen LogP contribution < -0.4 is 0 Å². The lowest BCUT2D eigenvalue weighted by Crippen LogP contribution is -2.13. The number of pyridine rings is 1. The number of fused-ring (bicyclic) bond motifs is 1. The van der Waals surface area contributed by atoms with Gasteiger partial charge in [-0.15, -0.1) is 0 Å². The Morgan fingerprint density at radius 2 is 1.78 bits per heavy atom. The van der Waals surface area contributed by atoms with Crippen molar-refractivity contribution in [1.82, 2.24) is 19.6 Å². The van der Waals surface area contributed by atoms with Crippen LogP contribution in [0.1, 0.15) is 11.4 Å². The molecular formula is C19H13F3N4O. The molecule has 0 radical (unpaired) electrons. The molecule has 0 aliphatic carbocycles. The van der Waals surface area contributed by atoms with Crippen molar-refractivity contribution >= 4 is 5.65 Å². The van der Waals surface area contributed by atoms with Crippen molar-refractivity contribution in [2.75, 3.05) is 0 Å². The van der Waals surface area contributed by atoms with Crippen LogP contribution in [0.5, 0.6) is 0 Å². The highest BCUT2D eigenvalue weighted by Gasteiger charge is 2.35. The van der Waals surface area contributed by atoms with Gasteiger partial charge in [0.2, 0.25) is 0 Å². The van der Waals surface area contributed by atoms with Crippen LogP contribution >= 0.6 is 0 Å². The van der Waals surface area contributed by atoms with E-state index in [1.165, 1.54) is 12.4 Å². The summed E-state index contributed by atoms with van der Waals surface area (Å²) in [5.41, 5.74) is 1.36. The smallest absolute Gasteiger partial charge is 0.390 e. The maximum absolute atomic E-state index is 13.6. The summed E-state index contributed by atoms with van der Waals surface area (Å²) < 4.78 is 41.6. The first-order valence-electron chi connectivity index (χ1n) is 8.05. The Balaban J connectivity index is 2.00. The van der Waals surface area contributed by atoms with Gasteiger partial charge in [0.05, 0.1) is 24.2 Å². The van der Waals surface area contributed by atoms with Gasteiger partial charge in [0.15, 0.2) is 11.3 Å². The largest absolute Gasteiger partial charge is 0.433 e. The number of benzene rings is 1. The van der Waals surface area contributed by atoms with Crippen LogP contribution in [0.3, 0.4) is 0 Å². The van der Waals surface area contributed by atoms with E-state index in [-0.39, 0.29) is 17.9 Å². The van der Waals surface area contributed by atoms with Gasteiger partial charge in [0.1, 0.15) is 0 Å². The van der Waals surface area contributed by atoms with Gasteiger partial charge in [0.25, 0.3) is 0 Å². The average Bonchev–Trinajstić information content (AvgIpc) is 3.11. The van der Waals surface area contributed by atoms with Crippen molar-refractivity contribution in [3.63, 3.8) is 0 Å². The fourth-order valence-corrected chi connectivity index (χ4v) is 2.86.